The number of amides is 1. The van der Waals surface area contributed by atoms with Gasteiger partial charge in [0.1, 0.15) is 5.69 Å². The molecule has 3 heterocycles. The Labute approximate surface area is 184 Å². The minimum absolute atomic E-state index is 0.0223. The predicted octanol–water partition coefficient (Wildman–Crippen LogP) is 4.75. The Kier molecular flexibility index (Phi) is 6.04. The van der Waals surface area contributed by atoms with E-state index in [1.54, 1.807) is 30.1 Å². The minimum atomic E-state index is -4.35. The molecule has 0 spiro atoms. The summed E-state index contributed by atoms with van der Waals surface area (Å²) in [6, 6.07) is 11.1. The molecule has 1 aliphatic heterocycles. The first-order valence-electron chi connectivity index (χ1n) is 10.6. The quantitative estimate of drug-likeness (QED) is 0.586. The van der Waals surface area contributed by atoms with Gasteiger partial charge >= 0.3 is 6.18 Å². The number of hydrogen-bond acceptors (Lipinski definition) is 3. The monoisotopic (exact) mass is 442 g/mol. The summed E-state index contributed by atoms with van der Waals surface area (Å²) in [6.45, 7) is 3.17. The SMILES string of the molecule is Cc1cc(Cc2cccc(C(F)(F)F)c2)cc(C2CCN(C(=O)c3ccnn3C)CC2)n1. The summed E-state index contributed by atoms with van der Waals surface area (Å²) in [4.78, 5) is 19.2. The maximum atomic E-state index is 13.0. The average Bonchev–Trinajstić information content (AvgIpc) is 3.18. The van der Waals surface area contributed by atoms with Crippen LogP contribution < -0.4 is 0 Å². The van der Waals surface area contributed by atoms with Crippen LogP contribution in [-0.4, -0.2) is 38.7 Å². The molecule has 4 rings (SSSR count). The second-order valence-electron chi connectivity index (χ2n) is 8.32. The van der Waals surface area contributed by atoms with Gasteiger partial charge in [-0.3, -0.25) is 14.5 Å². The highest BCUT2D eigenvalue weighted by Crippen LogP contribution is 2.31. The molecule has 1 aromatic carbocycles. The fraction of sp³-hybridized carbons (Fsp3) is 0.375. The number of likely N-dealkylation sites (tertiary alicyclic amines) is 1. The lowest BCUT2D eigenvalue weighted by atomic mass is 9.91. The molecule has 8 heteroatoms. The van der Waals surface area contributed by atoms with Crippen molar-refractivity contribution in [3.05, 3.63) is 82.4 Å². The van der Waals surface area contributed by atoms with Crippen LogP contribution >= 0.6 is 0 Å². The maximum Gasteiger partial charge on any atom is 0.416 e. The van der Waals surface area contributed by atoms with Crippen LogP contribution in [0.25, 0.3) is 0 Å². The summed E-state index contributed by atoms with van der Waals surface area (Å²) < 4.78 is 40.7. The van der Waals surface area contributed by atoms with E-state index < -0.39 is 11.7 Å². The van der Waals surface area contributed by atoms with Gasteiger partial charge in [0, 0.05) is 43.6 Å². The van der Waals surface area contributed by atoms with Gasteiger partial charge in [-0.25, -0.2) is 0 Å². The van der Waals surface area contributed by atoms with Crippen LogP contribution in [0, 0.1) is 6.92 Å². The Morgan fingerprint density at radius 3 is 2.50 bits per heavy atom. The van der Waals surface area contributed by atoms with Crippen molar-refractivity contribution >= 4 is 5.91 Å². The molecule has 0 bridgehead atoms. The van der Waals surface area contributed by atoms with Gasteiger partial charge in [-0.2, -0.15) is 18.3 Å². The number of benzene rings is 1. The number of halogens is 3. The number of piperidine rings is 1. The van der Waals surface area contributed by atoms with Crippen LogP contribution in [0.1, 0.15) is 57.3 Å². The standard InChI is InChI=1S/C24H25F3N4O/c1-16-12-18(13-17-4-3-5-20(14-17)24(25,26)27)15-21(29-16)19-7-10-31(11-8-19)23(32)22-6-9-28-30(22)2/h3-6,9,12,14-15,19H,7-8,10-11,13H2,1-2H3. The smallest absolute Gasteiger partial charge is 0.337 e. The minimum Gasteiger partial charge on any atom is -0.337 e. The molecule has 168 valence electrons. The van der Waals surface area contributed by atoms with Gasteiger partial charge in [-0.1, -0.05) is 18.2 Å². The van der Waals surface area contributed by atoms with Crippen LogP contribution in [0.5, 0.6) is 0 Å². The van der Waals surface area contributed by atoms with Crippen molar-refractivity contribution in [3.63, 3.8) is 0 Å². The third kappa shape index (κ3) is 4.84. The summed E-state index contributed by atoms with van der Waals surface area (Å²) >= 11 is 0. The van der Waals surface area contributed by atoms with Crippen molar-refractivity contribution in [3.8, 4) is 0 Å². The molecule has 32 heavy (non-hydrogen) atoms. The molecular weight excluding hydrogens is 417 g/mol. The molecule has 1 saturated heterocycles. The van der Waals surface area contributed by atoms with E-state index in [0.717, 1.165) is 35.9 Å². The van der Waals surface area contributed by atoms with Crippen LogP contribution in [0.15, 0.2) is 48.7 Å². The molecule has 0 saturated carbocycles. The molecule has 1 amide bonds. The lowest BCUT2D eigenvalue weighted by molar-refractivity contribution is -0.137. The van der Waals surface area contributed by atoms with Gasteiger partial charge in [0.2, 0.25) is 0 Å². The number of carbonyl (C=O) groups excluding carboxylic acids is 1. The Morgan fingerprint density at radius 2 is 1.84 bits per heavy atom. The molecular formula is C24H25F3N4O. The molecule has 0 unspecified atom stereocenters. The van der Waals surface area contributed by atoms with Gasteiger partial charge < -0.3 is 4.90 Å². The summed E-state index contributed by atoms with van der Waals surface area (Å²) in [5.41, 5.74) is 3.29. The molecule has 0 atom stereocenters. The zero-order valence-corrected chi connectivity index (χ0v) is 18.1. The lowest BCUT2D eigenvalue weighted by Gasteiger charge is -2.32. The highest BCUT2D eigenvalue weighted by atomic mass is 19.4. The molecule has 0 aliphatic carbocycles. The molecule has 3 aromatic rings. The van der Waals surface area contributed by atoms with Gasteiger partial charge in [0.05, 0.1) is 5.56 Å². The van der Waals surface area contributed by atoms with Crippen molar-refractivity contribution in [2.24, 2.45) is 7.05 Å². The van der Waals surface area contributed by atoms with Crippen molar-refractivity contribution < 1.29 is 18.0 Å². The lowest BCUT2D eigenvalue weighted by Crippen LogP contribution is -2.38. The number of nitrogens with zero attached hydrogens (tertiary/aromatic N) is 4. The average molecular weight is 442 g/mol. The van der Waals surface area contributed by atoms with E-state index in [1.807, 2.05) is 24.0 Å². The Bertz CT molecular complexity index is 1110. The van der Waals surface area contributed by atoms with Crippen LogP contribution in [0.2, 0.25) is 0 Å². The summed E-state index contributed by atoms with van der Waals surface area (Å²) in [7, 11) is 1.75. The van der Waals surface area contributed by atoms with Crippen molar-refractivity contribution in [2.75, 3.05) is 13.1 Å². The molecule has 1 aliphatic rings. The van der Waals surface area contributed by atoms with Crippen molar-refractivity contribution in [1.82, 2.24) is 19.7 Å². The number of carbonyl (C=O) groups is 1. The van der Waals surface area contributed by atoms with E-state index in [-0.39, 0.29) is 11.8 Å². The van der Waals surface area contributed by atoms with E-state index in [9.17, 15) is 18.0 Å². The largest absolute Gasteiger partial charge is 0.416 e. The first-order chi connectivity index (χ1) is 15.2. The fourth-order valence-electron chi connectivity index (χ4n) is 4.30. The molecule has 1 fully saturated rings. The second-order valence-corrected chi connectivity index (χ2v) is 8.32. The Balaban J connectivity index is 1.46. The highest BCUT2D eigenvalue weighted by molar-refractivity contribution is 5.92. The normalized spacial score (nSPS) is 15.2. The fourth-order valence-corrected chi connectivity index (χ4v) is 4.30. The third-order valence-electron chi connectivity index (χ3n) is 5.94. The van der Waals surface area contributed by atoms with Gasteiger partial charge in [0.25, 0.3) is 5.91 Å². The van der Waals surface area contributed by atoms with E-state index in [2.05, 4.69) is 5.10 Å². The predicted molar refractivity (Wildman–Crippen MR) is 114 cm³/mol. The number of aryl methyl sites for hydroxylation is 2. The maximum absolute atomic E-state index is 13.0. The zero-order chi connectivity index (χ0) is 22.9. The van der Waals surface area contributed by atoms with Gasteiger partial charge in [-0.05, 0) is 61.6 Å². The second kappa shape index (κ2) is 8.76. The van der Waals surface area contributed by atoms with Crippen LogP contribution in [-0.2, 0) is 19.6 Å². The van der Waals surface area contributed by atoms with E-state index in [4.69, 9.17) is 4.98 Å². The van der Waals surface area contributed by atoms with Gasteiger partial charge in [0.15, 0.2) is 0 Å². The number of rotatable bonds is 4. The summed E-state index contributed by atoms with van der Waals surface area (Å²) in [5, 5.41) is 4.06. The Hall–Kier alpha value is -3.16. The summed E-state index contributed by atoms with van der Waals surface area (Å²) in [5.74, 6) is 0.191. The first-order valence-corrected chi connectivity index (χ1v) is 10.6. The number of pyridine rings is 1. The Morgan fingerprint density at radius 1 is 1.09 bits per heavy atom. The highest BCUT2D eigenvalue weighted by Gasteiger charge is 2.30. The van der Waals surface area contributed by atoms with Gasteiger partial charge in [-0.15, -0.1) is 0 Å². The van der Waals surface area contributed by atoms with Crippen LogP contribution in [0.4, 0.5) is 13.2 Å². The number of alkyl halides is 3. The third-order valence-corrected chi connectivity index (χ3v) is 5.94. The molecule has 0 N–H and O–H groups in total. The van der Waals surface area contributed by atoms with E-state index in [1.165, 1.54) is 12.1 Å². The van der Waals surface area contributed by atoms with Crippen LogP contribution in [0.3, 0.4) is 0 Å². The zero-order valence-electron chi connectivity index (χ0n) is 18.1. The van der Waals surface area contributed by atoms with Crippen molar-refractivity contribution in [1.29, 1.82) is 0 Å². The van der Waals surface area contributed by atoms with E-state index in [0.29, 0.717) is 30.8 Å². The first kappa shape index (κ1) is 22.0. The topological polar surface area (TPSA) is 51.0 Å². The molecule has 5 nitrogen and oxygen atoms in total. The molecule has 2 aromatic heterocycles. The van der Waals surface area contributed by atoms with Crippen molar-refractivity contribution in [2.45, 2.75) is 38.3 Å². The summed E-state index contributed by atoms with van der Waals surface area (Å²) in [6.07, 6.45) is -0.733. The number of aromatic nitrogens is 3. The van der Waals surface area contributed by atoms with E-state index >= 15 is 0 Å². The molecule has 0 radical (unpaired) electrons. The number of hydrogen-bond donors (Lipinski definition) is 0.